The molecule has 0 radical (unpaired) electrons. The number of hydrogen-bond donors (Lipinski definition) is 2. The van der Waals surface area contributed by atoms with E-state index in [9.17, 15) is 19.4 Å². The third kappa shape index (κ3) is 32.2. The molecule has 0 aromatic heterocycles. The number of quaternary nitrogens is 1. The number of unbranched alkanes of at least 4 members (excludes halogenated alkanes) is 5. The van der Waals surface area contributed by atoms with Crippen molar-refractivity contribution in [2.45, 2.75) is 116 Å². The average molecular weight is 691 g/mol. The van der Waals surface area contributed by atoms with E-state index in [0.29, 0.717) is 17.4 Å². The summed E-state index contributed by atoms with van der Waals surface area (Å²) in [5, 5.41) is 13.5. The molecule has 0 fully saturated rings. The van der Waals surface area contributed by atoms with Crippen LogP contribution in [0.15, 0.2) is 85.1 Å². The second-order valence-corrected chi connectivity index (χ2v) is 14.3. The number of allylic oxidation sites excluding steroid dienone is 13. The summed E-state index contributed by atoms with van der Waals surface area (Å²) in [5.41, 5.74) is 0. The molecule has 0 aliphatic rings. The number of aliphatic hydroxyl groups is 1. The highest BCUT2D eigenvalue weighted by Gasteiger charge is 2.23. The molecule has 0 aliphatic heterocycles. The predicted octanol–water partition coefficient (Wildman–Crippen LogP) is 8.43. The molecule has 274 valence electrons. The first kappa shape index (κ1) is 45.7. The van der Waals surface area contributed by atoms with Crippen molar-refractivity contribution in [1.82, 2.24) is 5.32 Å². The third-order valence-electron chi connectivity index (χ3n) is 7.12. The molecule has 0 saturated heterocycles. The first-order valence-corrected chi connectivity index (χ1v) is 19.4. The zero-order valence-corrected chi connectivity index (χ0v) is 31.5. The molecule has 0 saturated carbocycles. The second kappa shape index (κ2) is 30.7. The van der Waals surface area contributed by atoms with Gasteiger partial charge in [-0.2, -0.15) is 0 Å². The van der Waals surface area contributed by atoms with Crippen molar-refractivity contribution in [3.63, 3.8) is 0 Å². The zero-order chi connectivity index (χ0) is 35.8. The number of rotatable bonds is 30. The summed E-state index contributed by atoms with van der Waals surface area (Å²) in [6, 6.07) is -0.927. The molecule has 3 unspecified atom stereocenters. The molecule has 0 aromatic carbocycles. The van der Waals surface area contributed by atoms with Gasteiger partial charge < -0.3 is 28.8 Å². The number of likely N-dealkylation sites (N-methyl/N-ethyl adjacent to an activating group) is 1. The Hall–Kier alpha value is -2.32. The summed E-state index contributed by atoms with van der Waals surface area (Å²) >= 11 is 0. The number of amides is 1. The van der Waals surface area contributed by atoms with Crippen molar-refractivity contribution in [3.8, 4) is 0 Å². The van der Waals surface area contributed by atoms with Crippen LogP contribution in [0, 0.1) is 0 Å². The van der Waals surface area contributed by atoms with E-state index >= 15 is 0 Å². The molecule has 0 aliphatic carbocycles. The van der Waals surface area contributed by atoms with Crippen LogP contribution in [0.3, 0.4) is 0 Å². The highest BCUT2D eigenvalue weighted by molar-refractivity contribution is 7.45. The van der Waals surface area contributed by atoms with Crippen LogP contribution in [0.5, 0.6) is 0 Å². The van der Waals surface area contributed by atoms with Gasteiger partial charge in [0.25, 0.3) is 7.82 Å². The monoisotopic (exact) mass is 690 g/mol. The van der Waals surface area contributed by atoms with Crippen molar-refractivity contribution in [1.29, 1.82) is 0 Å². The minimum Gasteiger partial charge on any atom is -0.756 e. The van der Waals surface area contributed by atoms with Gasteiger partial charge in [0.2, 0.25) is 5.91 Å². The van der Waals surface area contributed by atoms with Crippen LogP contribution >= 0.6 is 7.82 Å². The average Bonchev–Trinajstić information content (AvgIpc) is 3.02. The van der Waals surface area contributed by atoms with Gasteiger partial charge in [-0.25, -0.2) is 0 Å². The minimum absolute atomic E-state index is 0.0201. The highest BCUT2D eigenvalue weighted by Crippen LogP contribution is 2.38. The molecule has 2 N–H and O–H groups in total. The van der Waals surface area contributed by atoms with E-state index in [1.807, 2.05) is 39.4 Å². The summed E-state index contributed by atoms with van der Waals surface area (Å²) in [7, 11) is 1.19. The van der Waals surface area contributed by atoms with Crippen molar-refractivity contribution in [3.05, 3.63) is 85.1 Å². The van der Waals surface area contributed by atoms with E-state index < -0.39 is 26.6 Å². The van der Waals surface area contributed by atoms with Gasteiger partial charge in [-0.1, -0.05) is 125 Å². The van der Waals surface area contributed by atoms with Crippen LogP contribution in [0.25, 0.3) is 0 Å². The SMILES string of the molecule is CC/C=C\C/C=C\C/C=C\C/C=C\C/C=C\C/C=C\CCC(=O)NC(COP(=O)([O-])OCC[N+](C)(C)C)C(O)/C=C/CCCCCCC. The molecule has 0 heterocycles. The lowest BCUT2D eigenvalue weighted by molar-refractivity contribution is -0.870. The lowest BCUT2D eigenvalue weighted by atomic mass is 10.1. The van der Waals surface area contributed by atoms with Crippen LogP contribution in [-0.2, 0) is 18.4 Å². The van der Waals surface area contributed by atoms with Crippen molar-refractivity contribution < 1.29 is 32.9 Å². The maximum absolute atomic E-state index is 12.7. The number of carbonyl (C=O) groups excluding carboxylic acids is 1. The first-order chi connectivity index (χ1) is 23.0. The minimum atomic E-state index is -4.60. The van der Waals surface area contributed by atoms with Crippen LogP contribution < -0.4 is 10.2 Å². The van der Waals surface area contributed by atoms with E-state index in [4.69, 9.17) is 9.05 Å². The molecule has 48 heavy (non-hydrogen) atoms. The number of nitrogens with zero attached hydrogens (tertiary/aromatic N) is 1. The van der Waals surface area contributed by atoms with Gasteiger partial charge in [0, 0.05) is 6.42 Å². The summed E-state index contributed by atoms with van der Waals surface area (Å²) in [6.45, 7) is 4.36. The number of phosphoric ester groups is 1. The molecular formula is C39H67N2O6P. The summed E-state index contributed by atoms with van der Waals surface area (Å²) < 4.78 is 22.9. The van der Waals surface area contributed by atoms with Crippen LogP contribution in [0.4, 0.5) is 0 Å². The Morgan fingerprint density at radius 1 is 0.750 bits per heavy atom. The smallest absolute Gasteiger partial charge is 0.268 e. The van der Waals surface area contributed by atoms with E-state index in [2.05, 4.69) is 79.9 Å². The fraction of sp³-hybridized carbons (Fsp3) is 0.615. The van der Waals surface area contributed by atoms with Crippen molar-refractivity contribution in [2.24, 2.45) is 0 Å². The molecule has 0 bridgehead atoms. The Labute approximate surface area is 293 Å². The lowest BCUT2D eigenvalue weighted by Gasteiger charge is -2.29. The Kier molecular flexibility index (Phi) is 29.2. The normalized spacial score (nSPS) is 15.7. The van der Waals surface area contributed by atoms with Gasteiger partial charge in [0.15, 0.2) is 0 Å². The van der Waals surface area contributed by atoms with Crippen molar-refractivity contribution >= 4 is 13.7 Å². The Morgan fingerprint density at radius 3 is 1.79 bits per heavy atom. The fourth-order valence-corrected chi connectivity index (χ4v) is 4.95. The van der Waals surface area contributed by atoms with Crippen LogP contribution in [0.1, 0.15) is 104 Å². The van der Waals surface area contributed by atoms with Gasteiger partial charge in [-0.3, -0.25) is 9.36 Å². The summed E-state index contributed by atoms with van der Waals surface area (Å²) in [5.74, 6) is -0.290. The first-order valence-electron chi connectivity index (χ1n) is 17.9. The molecule has 0 aromatic rings. The van der Waals surface area contributed by atoms with Gasteiger partial charge in [-0.05, 0) is 57.8 Å². The Bertz CT molecular complexity index is 1060. The van der Waals surface area contributed by atoms with Crippen molar-refractivity contribution in [2.75, 3.05) is 40.9 Å². The standard InChI is InChI=1S/C39H67N2O6P/c1-6-8-10-12-14-15-16-17-18-19-20-21-22-23-24-25-27-29-31-33-39(43)40-37(38(42)32-30-28-26-13-11-9-7-2)36-47-48(44,45)46-35-34-41(3,4)5/h8,10,14-15,17-18,20-21,23-24,27,29-30,32,37-38,42H,6-7,9,11-13,16,19,22,25-26,28,31,33-36H2,1-5H3,(H-,40,43,44,45)/b10-8-,15-14-,18-17-,21-20-,24-23-,29-27-,32-30+. The van der Waals surface area contributed by atoms with Crippen LogP contribution in [0.2, 0.25) is 0 Å². The number of nitrogens with one attached hydrogen (secondary N) is 1. The largest absolute Gasteiger partial charge is 0.756 e. The second-order valence-electron chi connectivity index (χ2n) is 12.8. The van der Waals surface area contributed by atoms with E-state index in [1.54, 1.807) is 6.08 Å². The van der Waals surface area contributed by atoms with E-state index in [1.165, 1.54) is 19.3 Å². The van der Waals surface area contributed by atoms with Gasteiger partial charge >= 0.3 is 0 Å². The molecule has 1 amide bonds. The number of carbonyl (C=O) groups is 1. The van der Waals surface area contributed by atoms with E-state index in [-0.39, 0.29) is 18.9 Å². The Balaban J connectivity index is 4.60. The Morgan fingerprint density at radius 2 is 1.27 bits per heavy atom. The van der Waals surface area contributed by atoms with Gasteiger partial charge in [0.05, 0.1) is 39.9 Å². The number of aliphatic hydroxyl groups excluding tert-OH is 1. The number of phosphoric acid groups is 1. The number of hydrogen-bond acceptors (Lipinski definition) is 6. The predicted molar refractivity (Wildman–Crippen MR) is 200 cm³/mol. The summed E-state index contributed by atoms with van der Waals surface area (Å²) in [6.07, 6.45) is 40.9. The maximum Gasteiger partial charge on any atom is 0.268 e. The third-order valence-corrected chi connectivity index (χ3v) is 8.09. The van der Waals surface area contributed by atoms with Crippen LogP contribution in [-0.4, -0.2) is 68.5 Å². The maximum atomic E-state index is 12.7. The van der Waals surface area contributed by atoms with Gasteiger partial charge in [-0.15, -0.1) is 0 Å². The van der Waals surface area contributed by atoms with E-state index in [0.717, 1.165) is 57.8 Å². The molecule has 0 spiro atoms. The highest BCUT2D eigenvalue weighted by atomic mass is 31.2. The topological polar surface area (TPSA) is 108 Å². The van der Waals surface area contributed by atoms with Gasteiger partial charge in [0.1, 0.15) is 13.2 Å². The summed E-state index contributed by atoms with van der Waals surface area (Å²) in [4.78, 5) is 25.0. The quantitative estimate of drug-likeness (QED) is 0.0339. The lowest BCUT2D eigenvalue weighted by Crippen LogP contribution is -2.45. The molecule has 0 rings (SSSR count). The molecule has 9 heteroatoms. The zero-order valence-electron chi connectivity index (χ0n) is 30.6. The molecule has 3 atom stereocenters. The molecular weight excluding hydrogens is 623 g/mol. The molecule has 8 nitrogen and oxygen atoms in total. The fourth-order valence-electron chi connectivity index (χ4n) is 4.23.